The number of benzene rings is 1. The fourth-order valence-corrected chi connectivity index (χ4v) is 1.22. The average molecular weight is 201 g/mol. The third-order valence-electron chi connectivity index (χ3n) is 1.87. The van der Waals surface area contributed by atoms with Crippen molar-refractivity contribution in [3.05, 3.63) is 36.5 Å². The van der Waals surface area contributed by atoms with Crippen LogP contribution in [0.2, 0.25) is 0 Å². The molecular weight excluding hydrogens is 190 g/mol. The molecule has 0 spiro atoms. The fraction of sp³-hybridized carbons (Fsp3) is 0.100. The zero-order valence-corrected chi connectivity index (χ0v) is 8.31. The molecule has 0 unspecified atom stereocenters. The Morgan fingerprint density at radius 2 is 1.93 bits per heavy atom. The van der Waals surface area contributed by atoms with E-state index in [2.05, 4.69) is 26.0 Å². The molecule has 0 atom stereocenters. The third-order valence-corrected chi connectivity index (χ3v) is 1.87. The first-order chi connectivity index (χ1) is 7.40. The molecule has 0 aliphatic rings. The summed E-state index contributed by atoms with van der Waals surface area (Å²) in [5.74, 6) is 0.457. The van der Waals surface area contributed by atoms with Crippen LogP contribution < -0.4 is 10.9 Å². The zero-order chi connectivity index (χ0) is 10.5. The maximum Gasteiger partial charge on any atom is 0.257 e. The van der Waals surface area contributed by atoms with E-state index in [1.54, 1.807) is 13.2 Å². The highest BCUT2D eigenvalue weighted by Crippen LogP contribution is 2.15. The summed E-state index contributed by atoms with van der Waals surface area (Å²) in [7, 11) is 1.75. The van der Waals surface area contributed by atoms with Gasteiger partial charge in [-0.25, -0.2) is 10.4 Å². The van der Waals surface area contributed by atoms with Crippen molar-refractivity contribution in [3.8, 4) is 11.3 Å². The molecule has 5 nitrogen and oxygen atoms in total. The van der Waals surface area contributed by atoms with E-state index in [1.165, 1.54) is 0 Å². The van der Waals surface area contributed by atoms with Crippen molar-refractivity contribution in [2.75, 3.05) is 12.5 Å². The zero-order valence-electron chi connectivity index (χ0n) is 8.31. The number of rotatable bonds is 3. The molecule has 5 heteroatoms. The topological polar surface area (TPSA) is 62.7 Å². The Bertz CT molecular complexity index is 429. The van der Waals surface area contributed by atoms with Crippen LogP contribution in [0.4, 0.5) is 5.95 Å². The van der Waals surface area contributed by atoms with E-state index in [1.807, 2.05) is 30.3 Å². The Hall–Kier alpha value is -2.01. The first-order valence-corrected chi connectivity index (χ1v) is 4.58. The Kier molecular flexibility index (Phi) is 2.85. The molecule has 0 aliphatic heterocycles. The molecule has 0 fully saturated rings. The van der Waals surface area contributed by atoms with Crippen LogP contribution in [0.3, 0.4) is 0 Å². The molecule has 2 aromatic rings. The quantitative estimate of drug-likeness (QED) is 0.728. The van der Waals surface area contributed by atoms with Crippen molar-refractivity contribution in [1.29, 1.82) is 0 Å². The monoisotopic (exact) mass is 201 g/mol. The van der Waals surface area contributed by atoms with Gasteiger partial charge in [0.15, 0.2) is 0 Å². The smallest absolute Gasteiger partial charge is 0.257 e. The maximum atomic E-state index is 4.29. The maximum absolute atomic E-state index is 4.29. The second kappa shape index (κ2) is 4.47. The van der Waals surface area contributed by atoms with Crippen molar-refractivity contribution in [2.45, 2.75) is 0 Å². The lowest BCUT2D eigenvalue weighted by atomic mass is 10.2. The lowest BCUT2D eigenvalue weighted by Gasteiger charge is -2.03. The SMILES string of the molecule is CNNc1nncc(-c2ccccc2)n1. The summed E-state index contributed by atoms with van der Waals surface area (Å²) in [6.45, 7) is 0. The van der Waals surface area contributed by atoms with Crippen LogP contribution in [0.1, 0.15) is 0 Å². The van der Waals surface area contributed by atoms with Gasteiger partial charge in [0.25, 0.3) is 5.95 Å². The first-order valence-electron chi connectivity index (χ1n) is 4.58. The fourth-order valence-electron chi connectivity index (χ4n) is 1.22. The van der Waals surface area contributed by atoms with Crippen molar-refractivity contribution < 1.29 is 0 Å². The number of hydrogen-bond donors (Lipinski definition) is 2. The summed E-state index contributed by atoms with van der Waals surface area (Å²) < 4.78 is 0. The summed E-state index contributed by atoms with van der Waals surface area (Å²) in [6.07, 6.45) is 1.64. The standard InChI is InChI=1S/C10H11N5/c1-11-14-10-13-9(7-12-15-10)8-5-3-2-4-6-8/h2-7,11H,1H3,(H,13,14,15). The van der Waals surface area contributed by atoms with Gasteiger partial charge in [-0.1, -0.05) is 30.3 Å². The predicted octanol–water partition coefficient (Wildman–Crippen LogP) is 1.08. The molecule has 0 radical (unpaired) electrons. The van der Waals surface area contributed by atoms with Crippen LogP contribution >= 0.6 is 0 Å². The molecule has 1 aromatic carbocycles. The van der Waals surface area contributed by atoms with E-state index >= 15 is 0 Å². The molecule has 1 aromatic heterocycles. The molecule has 76 valence electrons. The number of nitrogens with zero attached hydrogens (tertiary/aromatic N) is 3. The average Bonchev–Trinajstić information content (AvgIpc) is 2.31. The molecule has 0 amide bonds. The number of aromatic nitrogens is 3. The Morgan fingerprint density at radius 3 is 2.67 bits per heavy atom. The number of anilines is 1. The summed E-state index contributed by atoms with van der Waals surface area (Å²) in [5, 5.41) is 7.68. The Labute approximate surface area is 87.6 Å². The van der Waals surface area contributed by atoms with Crippen LogP contribution in [-0.2, 0) is 0 Å². The van der Waals surface area contributed by atoms with Crippen LogP contribution in [0.5, 0.6) is 0 Å². The molecule has 15 heavy (non-hydrogen) atoms. The molecule has 1 heterocycles. The molecule has 0 bridgehead atoms. The van der Waals surface area contributed by atoms with Gasteiger partial charge < -0.3 is 0 Å². The lowest BCUT2D eigenvalue weighted by Crippen LogP contribution is -2.17. The highest BCUT2D eigenvalue weighted by molar-refractivity contribution is 5.58. The highest BCUT2D eigenvalue weighted by atomic mass is 15.4. The summed E-state index contributed by atoms with van der Waals surface area (Å²) in [5.41, 5.74) is 7.35. The molecule has 2 rings (SSSR count). The van der Waals surface area contributed by atoms with Crippen LogP contribution in [0.25, 0.3) is 11.3 Å². The molecule has 0 saturated heterocycles. The summed E-state index contributed by atoms with van der Waals surface area (Å²) in [6, 6.07) is 9.84. The first kappa shape index (κ1) is 9.54. The van der Waals surface area contributed by atoms with Gasteiger partial charge in [-0.05, 0) is 0 Å². The van der Waals surface area contributed by atoms with Gasteiger partial charge in [0.1, 0.15) is 0 Å². The molecule has 0 aliphatic carbocycles. The van der Waals surface area contributed by atoms with E-state index in [0.717, 1.165) is 11.3 Å². The van der Waals surface area contributed by atoms with E-state index < -0.39 is 0 Å². The normalized spacial score (nSPS) is 9.93. The minimum atomic E-state index is 0.457. The largest absolute Gasteiger partial charge is 0.289 e. The van der Waals surface area contributed by atoms with Crippen molar-refractivity contribution in [3.63, 3.8) is 0 Å². The van der Waals surface area contributed by atoms with Crippen molar-refractivity contribution >= 4 is 5.95 Å². The van der Waals surface area contributed by atoms with Crippen molar-refractivity contribution in [2.24, 2.45) is 0 Å². The lowest BCUT2D eigenvalue weighted by molar-refractivity contribution is 0.893. The number of hydrogen-bond acceptors (Lipinski definition) is 5. The minimum absolute atomic E-state index is 0.457. The van der Waals surface area contributed by atoms with Gasteiger partial charge in [0.2, 0.25) is 0 Å². The number of hydrazine groups is 1. The number of nitrogens with one attached hydrogen (secondary N) is 2. The summed E-state index contributed by atoms with van der Waals surface area (Å²) in [4.78, 5) is 4.29. The predicted molar refractivity (Wildman–Crippen MR) is 57.9 cm³/mol. The molecule has 0 saturated carbocycles. The van der Waals surface area contributed by atoms with Crippen LogP contribution in [-0.4, -0.2) is 22.2 Å². The van der Waals surface area contributed by atoms with E-state index in [-0.39, 0.29) is 0 Å². The molecular formula is C10H11N5. The summed E-state index contributed by atoms with van der Waals surface area (Å²) >= 11 is 0. The Balaban J connectivity index is 2.33. The van der Waals surface area contributed by atoms with Crippen LogP contribution in [0, 0.1) is 0 Å². The van der Waals surface area contributed by atoms with Gasteiger partial charge >= 0.3 is 0 Å². The second-order valence-electron chi connectivity index (χ2n) is 2.91. The Morgan fingerprint density at radius 1 is 1.13 bits per heavy atom. The van der Waals surface area contributed by atoms with E-state index in [0.29, 0.717) is 5.95 Å². The highest BCUT2D eigenvalue weighted by Gasteiger charge is 2.01. The van der Waals surface area contributed by atoms with Crippen molar-refractivity contribution in [1.82, 2.24) is 20.6 Å². The third kappa shape index (κ3) is 2.26. The van der Waals surface area contributed by atoms with Gasteiger partial charge in [-0.2, -0.15) is 5.10 Å². The van der Waals surface area contributed by atoms with Gasteiger partial charge in [-0.15, -0.1) is 5.10 Å². The molecule has 2 N–H and O–H groups in total. The van der Waals surface area contributed by atoms with E-state index in [4.69, 9.17) is 0 Å². The van der Waals surface area contributed by atoms with Gasteiger partial charge in [-0.3, -0.25) is 5.43 Å². The van der Waals surface area contributed by atoms with E-state index in [9.17, 15) is 0 Å². The van der Waals surface area contributed by atoms with Crippen LogP contribution in [0.15, 0.2) is 36.5 Å². The van der Waals surface area contributed by atoms with Gasteiger partial charge in [0.05, 0.1) is 11.9 Å². The van der Waals surface area contributed by atoms with Gasteiger partial charge in [0, 0.05) is 12.6 Å². The second-order valence-corrected chi connectivity index (χ2v) is 2.91. The minimum Gasteiger partial charge on any atom is -0.289 e.